The Morgan fingerprint density at radius 1 is 1.32 bits per heavy atom. The molecule has 1 N–H and O–H groups in total. The molecule has 1 saturated carbocycles. The lowest BCUT2D eigenvalue weighted by molar-refractivity contribution is -0.132. The minimum absolute atomic E-state index is 0.0203. The van der Waals surface area contributed by atoms with E-state index < -0.39 is 0 Å². The summed E-state index contributed by atoms with van der Waals surface area (Å²) in [6.07, 6.45) is 5.04. The fourth-order valence-corrected chi connectivity index (χ4v) is 7.91. The summed E-state index contributed by atoms with van der Waals surface area (Å²) in [6, 6.07) is 6.86. The van der Waals surface area contributed by atoms with Gasteiger partial charge in [0.1, 0.15) is 0 Å². The molecule has 6 atom stereocenters. The maximum Gasteiger partial charge on any atom is 0.229 e. The minimum atomic E-state index is -0.0656. The molecule has 1 aliphatic carbocycles. The van der Waals surface area contributed by atoms with E-state index in [9.17, 15) is 9.59 Å². The van der Waals surface area contributed by atoms with Crippen molar-refractivity contribution in [2.75, 3.05) is 29.9 Å². The quantitative estimate of drug-likeness (QED) is 0.749. The van der Waals surface area contributed by atoms with Crippen LogP contribution in [0.1, 0.15) is 38.7 Å². The largest absolute Gasteiger partial charge is 0.373 e. The van der Waals surface area contributed by atoms with Crippen molar-refractivity contribution in [2.24, 2.45) is 17.8 Å². The van der Waals surface area contributed by atoms with E-state index in [4.69, 9.17) is 4.74 Å². The van der Waals surface area contributed by atoms with E-state index >= 15 is 0 Å². The van der Waals surface area contributed by atoms with Gasteiger partial charge in [-0.05, 0) is 49.1 Å². The predicted octanol–water partition coefficient (Wildman–Crippen LogP) is 2.69. The Kier molecular flexibility index (Phi) is 3.55. The number of ether oxygens (including phenoxy) is 1. The van der Waals surface area contributed by atoms with Crippen LogP contribution in [0, 0.1) is 17.8 Å². The Morgan fingerprint density at radius 2 is 2.19 bits per heavy atom. The standard InChI is InChI=1S/C25H29N3O3/c1-13(2)24(30)26-15-3-4-18-17(9-15)25-6-7-27-12-14-5-8-31-19-11-21(29)28(18)23(25)22(19)16(14)10-20(25)27/h3-5,9,13,16,19-20,22-23H,6-8,10-12H2,1-2H3,(H,26,30)/t16-,19-,20-,22-,23-,25?/m0/s1. The van der Waals surface area contributed by atoms with E-state index in [0.717, 1.165) is 37.3 Å². The van der Waals surface area contributed by atoms with Gasteiger partial charge in [-0.2, -0.15) is 0 Å². The average Bonchev–Trinajstić information content (AvgIpc) is 3.21. The van der Waals surface area contributed by atoms with Crippen LogP contribution in [0.25, 0.3) is 0 Å². The number of hydrogen-bond acceptors (Lipinski definition) is 4. The molecule has 5 aliphatic heterocycles. The molecule has 3 saturated heterocycles. The molecule has 162 valence electrons. The highest BCUT2D eigenvalue weighted by atomic mass is 16.5. The fraction of sp³-hybridized carbons (Fsp3) is 0.600. The Balaban J connectivity index is 1.42. The highest BCUT2D eigenvalue weighted by Crippen LogP contribution is 2.65. The van der Waals surface area contributed by atoms with E-state index in [1.54, 1.807) is 0 Å². The highest BCUT2D eigenvalue weighted by Gasteiger charge is 2.71. The highest BCUT2D eigenvalue weighted by molar-refractivity contribution is 6.00. The Hall–Kier alpha value is -2.18. The first-order chi connectivity index (χ1) is 15.0. The van der Waals surface area contributed by atoms with Crippen molar-refractivity contribution < 1.29 is 14.3 Å². The first kappa shape index (κ1) is 18.4. The topological polar surface area (TPSA) is 61.9 Å². The second kappa shape index (κ2) is 5.99. The van der Waals surface area contributed by atoms with Crippen LogP contribution in [0.5, 0.6) is 0 Å². The van der Waals surface area contributed by atoms with E-state index in [1.807, 2.05) is 19.9 Å². The zero-order chi connectivity index (χ0) is 21.1. The van der Waals surface area contributed by atoms with Crippen LogP contribution in [-0.4, -0.2) is 54.6 Å². The van der Waals surface area contributed by atoms with Crippen LogP contribution in [0.2, 0.25) is 0 Å². The van der Waals surface area contributed by atoms with Gasteiger partial charge in [0.05, 0.1) is 25.2 Å². The molecule has 4 fully saturated rings. The molecule has 1 unspecified atom stereocenters. The zero-order valence-electron chi connectivity index (χ0n) is 18.1. The van der Waals surface area contributed by atoms with Gasteiger partial charge in [0, 0.05) is 41.2 Å². The van der Waals surface area contributed by atoms with Gasteiger partial charge in [-0.1, -0.05) is 25.5 Å². The SMILES string of the molecule is CC(C)C(=O)Nc1ccc2c(c1)C13CCN4CC5=CCO[C@H]6CC(=O)N2[C@H]1[C@H]6[C@H]5C[C@H]43. The summed E-state index contributed by atoms with van der Waals surface area (Å²) >= 11 is 0. The summed E-state index contributed by atoms with van der Waals surface area (Å²) in [6.45, 7) is 6.58. The lowest BCUT2D eigenvalue weighted by Crippen LogP contribution is -2.69. The van der Waals surface area contributed by atoms with Crippen molar-refractivity contribution in [1.82, 2.24) is 4.90 Å². The molecule has 0 radical (unpaired) electrons. The molecule has 2 bridgehead atoms. The van der Waals surface area contributed by atoms with Crippen LogP contribution >= 0.6 is 0 Å². The second-order valence-corrected chi connectivity index (χ2v) is 10.6. The maximum absolute atomic E-state index is 13.5. The number of benzene rings is 1. The number of carbonyl (C=O) groups is 2. The lowest BCUT2D eigenvalue weighted by atomic mass is 9.53. The van der Waals surface area contributed by atoms with Crippen LogP contribution in [0.4, 0.5) is 11.4 Å². The van der Waals surface area contributed by atoms with Crippen molar-refractivity contribution in [1.29, 1.82) is 0 Å². The van der Waals surface area contributed by atoms with E-state index in [-0.39, 0.29) is 35.3 Å². The average molecular weight is 420 g/mol. The normalized spacial score (nSPS) is 39.3. The molecule has 1 aromatic rings. The molecule has 1 spiro atoms. The molecule has 6 aliphatic rings. The van der Waals surface area contributed by atoms with Crippen molar-refractivity contribution in [3.8, 4) is 0 Å². The van der Waals surface area contributed by atoms with E-state index in [2.05, 4.69) is 33.3 Å². The third-order valence-electron chi connectivity index (χ3n) is 9.10. The molecule has 6 nitrogen and oxygen atoms in total. The first-order valence-electron chi connectivity index (χ1n) is 11.8. The van der Waals surface area contributed by atoms with Crippen molar-refractivity contribution in [3.63, 3.8) is 0 Å². The van der Waals surface area contributed by atoms with Gasteiger partial charge in [0.2, 0.25) is 11.8 Å². The molecule has 7 rings (SSSR count). The lowest BCUT2D eigenvalue weighted by Gasteiger charge is -2.58. The molecular weight excluding hydrogens is 390 g/mol. The summed E-state index contributed by atoms with van der Waals surface area (Å²) < 4.78 is 6.30. The number of nitrogens with zero attached hydrogens (tertiary/aromatic N) is 2. The number of piperidine rings is 2. The van der Waals surface area contributed by atoms with E-state index in [1.165, 1.54) is 11.1 Å². The number of anilines is 2. The molecular formula is C25H29N3O3. The van der Waals surface area contributed by atoms with Crippen LogP contribution < -0.4 is 10.2 Å². The Bertz CT molecular complexity index is 1050. The maximum atomic E-state index is 13.5. The predicted molar refractivity (Wildman–Crippen MR) is 117 cm³/mol. The van der Waals surface area contributed by atoms with Gasteiger partial charge in [0.15, 0.2) is 0 Å². The molecule has 31 heavy (non-hydrogen) atoms. The summed E-state index contributed by atoms with van der Waals surface area (Å²) in [4.78, 5) is 30.6. The van der Waals surface area contributed by atoms with Crippen molar-refractivity contribution in [2.45, 2.75) is 56.7 Å². The summed E-state index contributed by atoms with van der Waals surface area (Å²) in [7, 11) is 0. The Morgan fingerprint density at radius 3 is 3.03 bits per heavy atom. The Labute approximate surface area is 182 Å². The van der Waals surface area contributed by atoms with Crippen LogP contribution in [0.3, 0.4) is 0 Å². The molecule has 1 aromatic carbocycles. The molecule has 0 aromatic heterocycles. The third kappa shape index (κ3) is 2.15. The van der Waals surface area contributed by atoms with Gasteiger partial charge >= 0.3 is 0 Å². The van der Waals surface area contributed by atoms with Gasteiger partial charge in [-0.3, -0.25) is 14.5 Å². The number of amides is 2. The fourth-order valence-electron chi connectivity index (χ4n) is 7.91. The minimum Gasteiger partial charge on any atom is -0.373 e. The van der Waals surface area contributed by atoms with Crippen LogP contribution in [0.15, 0.2) is 29.8 Å². The molecule has 6 heteroatoms. The number of hydrogen-bond donors (Lipinski definition) is 1. The number of carbonyl (C=O) groups excluding carboxylic acids is 2. The van der Waals surface area contributed by atoms with Crippen molar-refractivity contribution in [3.05, 3.63) is 35.4 Å². The number of fused-ring (bicyclic) bond motifs is 2. The van der Waals surface area contributed by atoms with Gasteiger partial charge in [0.25, 0.3) is 0 Å². The van der Waals surface area contributed by atoms with Crippen molar-refractivity contribution >= 4 is 23.2 Å². The van der Waals surface area contributed by atoms with E-state index in [0.29, 0.717) is 30.9 Å². The zero-order valence-corrected chi connectivity index (χ0v) is 18.1. The molecule has 5 heterocycles. The number of rotatable bonds is 2. The second-order valence-electron chi connectivity index (χ2n) is 10.6. The van der Waals surface area contributed by atoms with Crippen LogP contribution in [-0.2, 0) is 19.7 Å². The summed E-state index contributed by atoms with van der Waals surface area (Å²) in [5.41, 5.74) is 4.68. The smallest absolute Gasteiger partial charge is 0.229 e. The summed E-state index contributed by atoms with van der Waals surface area (Å²) in [5, 5.41) is 3.10. The van der Waals surface area contributed by atoms with Gasteiger partial charge < -0.3 is 15.0 Å². The third-order valence-corrected chi connectivity index (χ3v) is 9.10. The molecule has 2 amide bonds. The first-order valence-corrected chi connectivity index (χ1v) is 11.8. The van der Waals surface area contributed by atoms with Gasteiger partial charge in [-0.25, -0.2) is 0 Å². The summed E-state index contributed by atoms with van der Waals surface area (Å²) in [5.74, 6) is 1.05. The van der Waals surface area contributed by atoms with Gasteiger partial charge in [-0.15, -0.1) is 0 Å². The monoisotopic (exact) mass is 419 g/mol. The number of nitrogens with one attached hydrogen (secondary N) is 1.